The smallest absolute Gasteiger partial charge is 0.231 e. The van der Waals surface area contributed by atoms with Gasteiger partial charge in [-0.1, -0.05) is 29.8 Å². The third-order valence-corrected chi connectivity index (χ3v) is 4.82. The molecule has 1 unspecified atom stereocenters. The van der Waals surface area contributed by atoms with Crippen molar-refractivity contribution in [3.63, 3.8) is 0 Å². The molecule has 122 valence electrons. The molecule has 1 aromatic carbocycles. The first-order chi connectivity index (χ1) is 11.1. The zero-order chi connectivity index (χ0) is 16.3. The van der Waals surface area contributed by atoms with E-state index in [1.165, 1.54) is 5.56 Å². The van der Waals surface area contributed by atoms with Crippen molar-refractivity contribution in [2.45, 2.75) is 38.1 Å². The van der Waals surface area contributed by atoms with E-state index in [-0.39, 0.29) is 11.9 Å². The van der Waals surface area contributed by atoms with Gasteiger partial charge in [0.05, 0.1) is 11.5 Å². The SMILES string of the molecule is Cc1ccc(C2(C(=O)NC(C)c3ccc[nH]3)CCOCC2)cc1. The molecule has 1 aromatic heterocycles. The molecule has 2 heterocycles. The number of ether oxygens (including phenoxy) is 1. The van der Waals surface area contributed by atoms with Gasteiger partial charge >= 0.3 is 0 Å². The van der Waals surface area contributed by atoms with Gasteiger partial charge in [0.1, 0.15) is 0 Å². The Morgan fingerprint density at radius 3 is 2.52 bits per heavy atom. The van der Waals surface area contributed by atoms with E-state index >= 15 is 0 Å². The number of H-pyrrole nitrogens is 1. The maximum absolute atomic E-state index is 13.1. The summed E-state index contributed by atoms with van der Waals surface area (Å²) in [4.78, 5) is 16.3. The second-order valence-corrected chi connectivity index (χ2v) is 6.38. The van der Waals surface area contributed by atoms with Crippen molar-refractivity contribution in [1.82, 2.24) is 10.3 Å². The fraction of sp³-hybridized carbons (Fsp3) is 0.421. The molecule has 4 heteroatoms. The molecule has 0 bridgehead atoms. The van der Waals surface area contributed by atoms with Crippen LogP contribution in [0.25, 0.3) is 0 Å². The van der Waals surface area contributed by atoms with Crippen LogP contribution in [0.15, 0.2) is 42.6 Å². The third-order valence-electron chi connectivity index (χ3n) is 4.82. The maximum atomic E-state index is 13.1. The number of rotatable bonds is 4. The van der Waals surface area contributed by atoms with Crippen LogP contribution in [-0.2, 0) is 14.9 Å². The number of carbonyl (C=O) groups excluding carboxylic acids is 1. The van der Waals surface area contributed by atoms with Gasteiger partial charge in [-0.3, -0.25) is 4.79 Å². The molecule has 3 rings (SSSR count). The highest BCUT2D eigenvalue weighted by molar-refractivity contribution is 5.88. The average Bonchev–Trinajstić information content (AvgIpc) is 3.10. The molecule has 1 atom stereocenters. The number of aryl methyl sites for hydroxylation is 1. The Bertz CT molecular complexity index is 641. The maximum Gasteiger partial charge on any atom is 0.231 e. The first-order valence-corrected chi connectivity index (χ1v) is 8.21. The van der Waals surface area contributed by atoms with E-state index in [0.29, 0.717) is 13.2 Å². The lowest BCUT2D eigenvalue weighted by molar-refractivity contribution is -0.131. The summed E-state index contributed by atoms with van der Waals surface area (Å²) in [5, 5.41) is 3.18. The zero-order valence-electron chi connectivity index (χ0n) is 13.8. The number of hydrogen-bond donors (Lipinski definition) is 2. The van der Waals surface area contributed by atoms with E-state index < -0.39 is 5.41 Å². The van der Waals surface area contributed by atoms with E-state index in [1.807, 2.05) is 25.3 Å². The van der Waals surface area contributed by atoms with Crippen LogP contribution in [0.5, 0.6) is 0 Å². The van der Waals surface area contributed by atoms with Gasteiger partial charge in [0.15, 0.2) is 0 Å². The van der Waals surface area contributed by atoms with Gasteiger partial charge in [0, 0.05) is 25.1 Å². The highest BCUT2D eigenvalue weighted by Crippen LogP contribution is 2.36. The van der Waals surface area contributed by atoms with Crippen LogP contribution < -0.4 is 5.32 Å². The van der Waals surface area contributed by atoms with E-state index in [9.17, 15) is 4.79 Å². The van der Waals surface area contributed by atoms with Crippen molar-refractivity contribution in [2.24, 2.45) is 0 Å². The quantitative estimate of drug-likeness (QED) is 0.910. The standard InChI is InChI=1S/C19H24N2O2/c1-14-5-7-16(8-6-14)19(9-12-23-13-10-19)18(22)21-15(2)17-4-3-11-20-17/h3-8,11,15,20H,9-10,12-13H2,1-2H3,(H,21,22). The molecule has 1 amide bonds. The molecule has 2 aromatic rings. The van der Waals surface area contributed by atoms with Crippen molar-refractivity contribution in [3.05, 3.63) is 59.4 Å². The number of carbonyl (C=O) groups is 1. The lowest BCUT2D eigenvalue weighted by Gasteiger charge is -2.37. The summed E-state index contributed by atoms with van der Waals surface area (Å²) in [6.45, 7) is 5.32. The van der Waals surface area contributed by atoms with Crippen LogP contribution in [0.3, 0.4) is 0 Å². The summed E-state index contributed by atoms with van der Waals surface area (Å²) in [6, 6.07) is 12.2. The predicted octanol–water partition coefficient (Wildman–Crippen LogP) is 3.25. The normalized spacial score (nSPS) is 18.3. The fourth-order valence-electron chi connectivity index (χ4n) is 3.27. The fourth-order valence-corrected chi connectivity index (χ4v) is 3.27. The van der Waals surface area contributed by atoms with Gasteiger partial charge in [-0.05, 0) is 44.4 Å². The number of amides is 1. The van der Waals surface area contributed by atoms with E-state index in [4.69, 9.17) is 4.74 Å². The Balaban J connectivity index is 1.86. The molecule has 0 spiro atoms. The first-order valence-electron chi connectivity index (χ1n) is 8.21. The lowest BCUT2D eigenvalue weighted by atomic mass is 9.73. The molecule has 0 saturated carbocycles. The summed E-state index contributed by atoms with van der Waals surface area (Å²) in [5.74, 6) is 0.0896. The lowest BCUT2D eigenvalue weighted by Crippen LogP contribution is -2.48. The highest BCUT2D eigenvalue weighted by atomic mass is 16.5. The molecule has 1 fully saturated rings. The minimum atomic E-state index is -0.493. The van der Waals surface area contributed by atoms with Gasteiger partial charge in [-0.25, -0.2) is 0 Å². The largest absolute Gasteiger partial charge is 0.381 e. The van der Waals surface area contributed by atoms with Crippen molar-refractivity contribution < 1.29 is 9.53 Å². The summed E-state index contributed by atoms with van der Waals surface area (Å²) in [6.07, 6.45) is 3.32. The third kappa shape index (κ3) is 3.17. The molecule has 1 saturated heterocycles. The van der Waals surface area contributed by atoms with Crippen LogP contribution in [-0.4, -0.2) is 24.1 Å². The van der Waals surface area contributed by atoms with Gasteiger partial charge < -0.3 is 15.0 Å². The molecular formula is C19H24N2O2. The molecule has 0 aliphatic carbocycles. The summed E-state index contributed by atoms with van der Waals surface area (Å²) >= 11 is 0. The van der Waals surface area contributed by atoms with Gasteiger partial charge in [0.2, 0.25) is 5.91 Å². The molecule has 23 heavy (non-hydrogen) atoms. The molecule has 0 radical (unpaired) electrons. The van der Waals surface area contributed by atoms with Crippen molar-refractivity contribution in [2.75, 3.05) is 13.2 Å². The highest BCUT2D eigenvalue weighted by Gasteiger charge is 2.42. The average molecular weight is 312 g/mol. The number of aromatic nitrogens is 1. The Kier molecular flexibility index (Phi) is 4.53. The topological polar surface area (TPSA) is 54.1 Å². The van der Waals surface area contributed by atoms with Crippen molar-refractivity contribution >= 4 is 5.91 Å². The summed E-state index contributed by atoms with van der Waals surface area (Å²) in [5.41, 5.74) is 2.82. The summed E-state index contributed by atoms with van der Waals surface area (Å²) in [7, 11) is 0. The Labute approximate surface area is 137 Å². The second-order valence-electron chi connectivity index (χ2n) is 6.38. The van der Waals surface area contributed by atoms with Crippen molar-refractivity contribution in [1.29, 1.82) is 0 Å². The van der Waals surface area contributed by atoms with Crippen LogP contribution in [0.4, 0.5) is 0 Å². The Morgan fingerprint density at radius 2 is 1.91 bits per heavy atom. The van der Waals surface area contributed by atoms with Crippen LogP contribution in [0.2, 0.25) is 0 Å². The Morgan fingerprint density at radius 1 is 1.22 bits per heavy atom. The van der Waals surface area contributed by atoms with E-state index in [0.717, 1.165) is 24.1 Å². The number of hydrogen-bond acceptors (Lipinski definition) is 2. The second kappa shape index (κ2) is 6.59. The van der Waals surface area contributed by atoms with Crippen LogP contribution in [0.1, 0.15) is 42.6 Å². The monoisotopic (exact) mass is 312 g/mol. The van der Waals surface area contributed by atoms with Crippen LogP contribution >= 0.6 is 0 Å². The predicted molar refractivity (Wildman–Crippen MR) is 90.3 cm³/mol. The molecule has 1 aliphatic heterocycles. The molecule has 4 nitrogen and oxygen atoms in total. The van der Waals surface area contributed by atoms with E-state index in [1.54, 1.807) is 0 Å². The minimum absolute atomic E-state index is 0.0392. The van der Waals surface area contributed by atoms with Gasteiger partial charge in [0.25, 0.3) is 0 Å². The molecule has 1 aliphatic rings. The molecule has 2 N–H and O–H groups in total. The zero-order valence-corrected chi connectivity index (χ0v) is 13.8. The summed E-state index contributed by atoms with van der Waals surface area (Å²) < 4.78 is 5.51. The first kappa shape index (κ1) is 15.8. The minimum Gasteiger partial charge on any atom is -0.381 e. The molecular weight excluding hydrogens is 288 g/mol. The van der Waals surface area contributed by atoms with Crippen LogP contribution in [0, 0.1) is 6.92 Å². The number of nitrogens with one attached hydrogen (secondary N) is 2. The number of benzene rings is 1. The number of aromatic amines is 1. The van der Waals surface area contributed by atoms with Gasteiger partial charge in [-0.2, -0.15) is 0 Å². The Hall–Kier alpha value is -2.07. The van der Waals surface area contributed by atoms with Gasteiger partial charge in [-0.15, -0.1) is 0 Å². The van der Waals surface area contributed by atoms with E-state index in [2.05, 4.69) is 41.5 Å². The van der Waals surface area contributed by atoms with Crippen molar-refractivity contribution in [3.8, 4) is 0 Å².